The van der Waals surface area contributed by atoms with Gasteiger partial charge < -0.3 is 14.2 Å². The first-order chi connectivity index (χ1) is 12.4. The van der Waals surface area contributed by atoms with Crippen LogP contribution in [0.4, 0.5) is 0 Å². The molecule has 1 saturated heterocycles. The summed E-state index contributed by atoms with van der Waals surface area (Å²) in [6.45, 7) is 10.6. The Balaban J connectivity index is 2.27. The minimum atomic E-state index is -0.821. The molecule has 2 heterocycles. The Bertz CT molecular complexity index is 757. The van der Waals surface area contributed by atoms with Crippen LogP contribution in [-0.4, -0.2) is 42.3 Å². The average molecular weight is 356 g/mol. The Kier molecular flexibility index (Phi) is 5.21. The maximum absolute atomic E-state index is 6.47. The molecule has 1 atom stereocenters. The molecule has 0 radical (unpaired) electrons. The summed E-state index contributed by atoms with van der Waals surface area (Å²) in [6.07, 6.45) is 1.79. The number of hydrogen-bond acceptors (Lipinski definition) is 5. The molecule has 0 saturated carbocycles. The van der Waals surface area contributed by atoms with Crippen molar-refractivity contribution in [2.45, 2.75) is 39.0 Å². The summed E-state index contributed by atoms with van der Waals surface area (Å²) in [5, 5.41) is 0. The number of ether oxygens (including phenoxy) is 3. The Morgan fingerprint density at radius 1 is 1.23 bits per heavy atom. The van der Waals surface area contributed by atoms with Crippen LogP contribution in [-0.2, 0) is 10.5 Å². The van der Waals surface area contributed by atoms with Crippen molar-refractivity contribution in [2.24, 2.45) is 0 Å². The van der Waals surface area contributed by atoms with E-state index in [2.05, 4.69) is 31.7 Å². The molecule has 1 aromatic carbocycles. The van der Waals surface area contributed by atoms with E-state index in [0.29, 0.717) is 13.2 Å². The Morgan fingerprint density at radius 3 is 2.73 bits per heavy atom. The molecule has 0 bridgehead atoms. The number of hydrogen-bond donors (Lipinski definition) is 0. The van der Waals surface area contributed by atoms with Crippen LogP contribution in [0.15, 0.2) is 42.6 Å². The summed E-state index contributed by atoms with van der Waals surface area (Å²) in [5.74, 6) is 1.54. The van der Waals surface area contributed by atoms with E-state index in [1.807, 2.05) is 37.3 Å². The highest BCUT2D eigenvalue weighted by molar-refractivity contribution is 5.44. The van der Waals surface area contributed by atoms with E-state index in [1.165, 1.54) is 0 Å². The fraction of sp³-hybridized carbons (Fsp3) is 0.476. The molecule has 2 aromatic rings. The van der Waals surface area contributed by atoms with Gasteiger partial charge in [-0.2, -0.15) is 0 Å². The Hall–Kier alpha value is -2.11. The van der Waals surface area contributed by atoms with Gasteiger partial charge in [-0.15, -0.1) is 0 Å². The SMILES string of the molecule is CCOc1cccnc1C1(c2cccc(OC)c2)OCCN1C(C)(C)C. The molecule has 0 amide bonds. The molecular formula is C21H28N2O3. The molecule has 1 aliphatic rings. The van der Waals surface area contributed by atoms with Gasteiger partial charge in [-0.1, -0.05) is 12.1 Å². The van der Waals surface area contributed by atoms with Gasteiger partial charge in [0.05, 0.1) is 20.3 Å². The van der Waals surface area contributed by atoms with Crippen LogP contribution in [0.25, 0.3) is 0 Å². The summed E-state index contributed by atoms with van der Waals surface area (Å²) in [5.41, 5.74) is 0.825. The Morgan fingerprint density at radius 2 is 2.04 bits per heavy atom. The first-order valence-electron chi connectivity index (χ1n) is 9.08. The van der Waals surface area contributed by atoms with E-state index in [0.717, 1.165) is 29.3 Å². The first-order valence-corrected chi connectivity index (χ1v) is 9.08. The smallest absolute Gasteiger partial charge is 0.195 e. The quantitative estimate of drug-likeness (QED) is 0.815. The molecule has 0 N–H and O–H groups in total. The molecule has 0 aliphatic carbocycles. The minimum absolute atomic E-state index is 0.124. The zero-order valence-electron chi connectivity index (χ0n) is 16.3. The van der Waals surface area contributed by atoms with Crippen LogP contribution in [0.5, 0.6) is 11.5 Å². The van der Waals surface area contributed by atoms with Crippen molar-refractivity contribution in [2.75, 3.05) is 26.9 Å². The van der Waals surface area contributed by atoms with Gasteiger partial charge in [0.2, 0.25) is 0 Å². The second-order valence-electron chi connectivity index (χ2n) is 7.33. The van der Waals surface area contributed by atoms with Crippen molar-refractivity contribution in [3.63, 3.8) is 0 Å². The Labute approximate surface area is 155 Å². The molecule has 1 aromatic heterocycles. The second kappa shape index (κ2) is 7.25. The van der Waals surface area contributed by atoms with E-state index in [9.17, 15) is 0 Å². The van der Waals surface area contributed by atoms with Gasteiger partial charge in [0.15, 0.2) is 5.72 Å². The van der Waals surface area contributed by atoms with E-state index in [1.54, 1.807) is 13.3 Å². The lowest BCUT2D eigenvalue weighted by atomic mass is 9.91. The van der Waals surface area contributed by atoms with E-state index in [-0.39, 0.29) is 5.54 Å². The standard InChI is InChI=1S/C21H28N2O3/c1-6-25-18-11-8-12-22-19(18)21(16-9-7-10-17(15-16)24-5)23(13-14-26-21)20(2,3)4/h7-12,15H,6,13-14H2,1-5H3. The normalized spacial score (nSPS) is 21.0. The third-order valence-electron chi connectivity index (χ3n) is 4.67. The molecule has 5 nitrogen and oxygen atoms in total. The lowest BCUT2D eigenvalue weighted by Crippen LogP contribution is -2.53. The van der Waals surface area contributed by atoms with Crippen molar-refractivity contribution in [3.05, 3.63) is 53.9 Å². The largest absolute Gasteiger partial charge is 0.497 e. The van der Waals surface area contributed by atoms with Crippen LogP contribution in [0.3, 0.4) is 0 Å². The number of benzene rings is 1. The molecule has 5 heteroatoms. The summed E-state index contributed by atoms with van der Waals surface area (Å²) in [4.78, 5) is 7.06. The van der Waals surface area contributed by atoms with Crippen molar-refractivity contribution in [1.82, 2.24) is 9.88 Å². The van der Waals surface area contributed by atoms with Gasteiger partial charge in [0, 0.05) is 23.8 Å². The highest BCUT2D eigenvalue weighted by atomic mass is 16.5. The summed E-state index contributed by atoms with van der Waals surface area (Å²) >= 11 is 0. The highest BCUT2D eigenvalue weighted by Crippen LogP contribution is 2.47. The van der Waals surface area contributed by atoms with Crippen molar-refractivity contribution in [3.8, 4) is 11.5 Å². The molecular weight excluding hydrogens is 328 g/mol. The van der Waals surface area contributed by atoms with E-state index >= 15 is 0 Å². The van der Waals surface area contributed by atoms with Crippen molar-refractivity contribution >= 4 is 0 Å². The summed E-state index contributed by atoms with van der Waals surface area (Å²) < 4.78 is 17.8. The predicted octanol–water partition coefficient (Wildman–Crippen LogP) is 3.82. The molecule has 1 fully saturated rings. The van der Waals surface area contributed by atoms with Crippen LogP contribution in [0.1, 0.15) is 39.0 Å². The minimum Gasteiger partial charge on any atom is -0.497 e. The van der Waals surface area contributed by atoms with Crippen molar-refractivity contribution in [1.29, 1.82) is 0 Å². The van der Waals surface area contributed by atoms with Gasteiger partial charge in [0.25, 0.3) is 0 Å². The number of methoxy groups -OCH3 is 1. The number of nitrogens with zero attached hydrogens (tertiary/aromatic N) is 2. The second-order valence-corrected chi connectivity index (χ2v) is 7.33. The lowest BCUT2D eigenvalue weighted by Gasteiger charge is -2.44. The topological polar surface area (TPSA) is 43.8 Å². The molecule has 3 rings (SSSR count). The number of aromatic nitrogens is 1. The van der Waals surface area contributed by atoms with E-state index < -0.39 is 5.72 Å². The fourth-order valence-corrected chi connectivity index (χ4v) is 3.65. The molecule has 1 unspecified atom stereocenters. The number of rotatable bonds is 5. The van der Waals surface area contributed by atoms with Gasteiger partial charge in [-0.3, -0.25) is 9.88 Å². The summed E-state index contributed by atoms with van der Waals surface area (Å²) in [7, 11) is 1.68. The fourth-order valence-electron chi connectivity index (χ4n) is 3.65. The average Bonchev–Trinajstić information content (AvgIpc) is 3.09. The van der Waals surface area contributed by atoms with Crippen LogP contribution < -0.4 is 9.47 Å². The third kappa shape index (κ3) is 3.17. The highest BCUT2D eigenvalue weighted by Gasteiger charge is 2.52. The maximum atomic E-state index is 6.47. The molecule has 1 aliphatic heterocycles. The zero-order chi connectivity index (χ0) is 18.8. The van der Waals surface area contributed by atoms with Gasteiger partial charge in [-0.05, 0) is 52.0 Å². The van der Waals surface area contributed by atoms with Gasteiger partial charge >= 0.3 is 0 Å². The van der Waals surface area contributed by atoms with Crippen LogP contribution in [0.2, 0.25) is 0 Å². The molecule has 26 heavy (non-hydrogen) atoms. The molecule has 0 spiro atoms. The van der Waals surface area contributed by atoms with Crippen LogP contribution >= 0.6 is 0 Å². The number of pyridine rings is 1. The summed E-state index contributed by atoms with van der Waals surface area (Å²) in [6, 6.07) is 11.9. The van der Waals surface area contributed by atoms with Gasteiger partial charge in [-0.25, -0.2) is 0 Å². The van der Waals surface area contributed by atoms with Gasteiger partial charge in [0.1, 0.15) is 17.2 Å². The lowest BCUT2D eigenvalue weighted by molar-refractivity contribution is -0.0922. The van der Waals surface area contributed by atoms with Crippen molar-refractivity contribution < 1.29 is 14.2 Å². The monoisotopic (exact) mass is 356 g/mol. The van der Waals surface area contributed by atoms with Crippen LogP contribution in [0, 0.1) is 0 Å². The predicted molar refractivity (Wildman–Crippen MR) is 102 cm³/mol. The maximum Gasteiger partial charge on any atom is 0.195 e. The first kappa shape index (κ1) is 18.7. The third-order valence-corrected chi connectivity index (χ3v) is 4.67. The zero-order valence-corrected chi connectivity index (χ0v) is 16.3. The molecule has 140 valence electrons. The van der Waals surface area contributed by atoms with E-state index in [4.69, 9.17) is 19.2 Å².